The average molecular weight is 242 g/mol. The lowest BCUT2D eigenvalue weighted by atomic mass is 9.99. The van der Waals surface area contributed by atoms with Crippen molar-refractivity contribution in [2.45, 2.75) is 64.0 Å². The van der Waals surface area contributed by atoms with E-state index in [-0.39, 0.29) is 24.1 Å². The number of aliphatic hydroxyl groups is 1. The number of aliphatic hydroxyl groups excluding tert-OH is 1. The summed E-state index contributed by atoms with van der Waals surface area (Å²) < 4.78 is 0. The van der Waals surface area contributed by atoms with Crippen molar-refractivity contribution in [3.05, 3.63) is 0 Å². The zero-order valence-corrected chi connectivity index (χ0v) is 11.1. The lowest BCUT2D eigenvalue weighted by Gasteiger charge is -2.28. The van der Waals surface area contributed by atoms with Crippen LogP contribution in [0.25, 0.3) is 0 Å². The summed E-state index contributed by atoms with van der Waals surface area (Å²) in [5.74, 6) is 0.0330. The second-order valence-electron chi connectivity index (χ2n) is 5.26. The van der Waals surface area contributed by atoms with Crippen LogP contribution in [0.2, 0.25) is 0 Å². The zero-order chi connectivity index (χ0) is 12.7. The van der Waals surface area contributed by atoms with Gasteiger partial charge in [-0.25, -0.2) is 0 Å². The Bertz CT molecular complexity index is 238. The van der Waals surface area contributed by atoms with E-state index in [1.54, 1.807) is 0 Å². The highest BCUT2D eigenvalue weighted by Gasteiger charge is 2.32. The predicted octanol–water partition coefficient (Wildman–Crippen LogP) is 1.19. The summed E-state index contributed by atoms with van der Waals surface area (Å²) in [5.41, 5.74) is -0.203. The number of hydrogen-bond acceptors (Lipinski definition) is 3. The summed E-state index contributed by atoms with van der Waals surface area (Å²) in [5, 5.41) is 15.6. The molecule has 0 radical (unpaired) electrons. The highest BCUT2D eigenvalue weighted by Crippen LogP contribution is 2.28. The van der Waals surface area contributed by atoms with E-state index >= 15 is 0 Å². The van der Waals surface area contributed by atoms with Crippen LogP contribution in [0.3, 0.4) is 0 Å². The smallest absolute Gasteiger partial charge is 0.234 e. The molecule has 1 fully saturated rings. The minimum atomic E-state index is -0.203. The molecule has 1 unspecified atom stereocenters. The van der Waals surface area contributed by atoms with Crippen molar-refractivity contribution in [2.24, 2.45) is 0 Å². The molecule has 0 spiro atoms. The van der Waals surface area contributed by atoms with Crippen LogP contribution < -0.4 is 10.6 Å². The largest absolute Gasteiger partial charge is 0.394 e. The van der Waals surface area contributed by atoms with Crippen LogP contribution in [0, 0.1) is 0 Å². The van der Waals surface area contributed by atoms with Gasteiger partial charge in [0.25, 0.3) is 0 Å². The molecule has 100 valence electrons. The van der Waals surface area contributed by atoms with Crippen LogP contribution in [0.4, 0.5) is 0 Å². The molecule has 0 bridgehead atoms. The SMILES string of the molecule is CCCC(C)NC(=O)CNC1(CO)CCCC1. The Balaban J connectivity index is 2.27. The number of nitrogens with one attached hydrogen (secondary N) is 2. The standard InChI is InChI=1S/C13H26N2O2/c1-3-6-11(2)15-12(17)9-14-13(10-16)7-4-5-8-13/h11,14,16H,3-10H2,1-2H3,(H,15,17). The van der Waals surface area contributed by atoms with Gasteiger partial charge in [-0.2, -0.15) is 0 Å². The highest BCUT2D eigenvalue weighted by atomic mass is 16.3. The van der Waals surface area contributed by atoms with Crippen molar-refractivity contribution in [2.75, 3.05) is 13.2 Å². The first-order valence-electron chi connectivity index (χ1n) is 6.77. The van der Waals surface area contributed by atoms with Gasteiger partial charge in [-0.1, -0.05) is 26.2 Å². The maximum Gasteiger partial charge on any atom is 0.234 e. The topological polar surface area (TPSA) is 61.4 Å². The molecule has 0 heterocycles. The highest BCUT2D eigenvalue weighted by molar-refractivity contribution is 5.78. The van der Waals surface area contributed by atoms with Crippen molar-refractivity contribution in [3.8, 4) is 0 Å². The van der Waals surface area contributed by atoms with Gasteiger partial charge in [0, 0.05) is 11.6 Å². The van der Waals surface area contributed by atoms with E-state index < -0.39 is 0 Å². The van der Waals surface area contributed by atoms with Crippen molar-refractivity contribution < 1.29 is 9.90 Å². The zero-order valence-electron chi connectivity index (χ0n) is 11.1. The quantitative estimate of drug-likeness (QED) is 0.628. The van der Waals surface area contributed by atoms with Crippen LogP contribution in [0.1, 0.15) is 52.4 Å². The van der Waals surface area contributed by atoms with Crippen molar-refractivity contribution in [3.63, 3.8) is 0 Å². The Morgan fingerprint density at radius 1 is 1.41 bits per heavy atom. The molecule has 0 aromatic heterocycles. The molecule has 4 heteroatoms. The third-order valence-electron chi connectivity index (χ3n) is 3.62. The van der Waals surface area contributed by atoms with Gasteiger partial charge in [0.1, 0.15) is 0 Å². The molecule has 3 N–H and O–H groups in total. The lowest BCUT2D eigenvalue weighted by Crippen LogP contribution is -2.51. The first-order valence-corrected chi connectivity index (χ1v) is 6.77. The maximum absolute atomic E-state index is 11.7. The molecule has 1 saturated carbocycles. The van der Waals surface area contributed by atoms with Crippen LogP contribution >= 0.6 is 0 Å². The molecule has 1 amide bonds. The molecule has 0 saturated heterocycles. The maximum atomic E-state index is 11.7. The Morgan fingerprint density at radius 2 is 2.06 bits per heavy atom. The van der Waals surface area contributed by atoms with Crippen molar-refractivity contribution >= 4 is 5.91 Å². The number of carbonyl (C=O) groups is 1. The molecule has 4 nitrogen and oxygen atoms in total. The van der Waals surface area contributed by atoms with E-state index in [1.807, 2.05) is 6.92 Å². The van der Waals surface area contributed by atoms with Crippen LogP contribution in [-0.2, 0) is 4.79 Å². The number of carbonyl (C=O) groups excluding carboxylic acids is 1. The summed E-state index contributed by atoms with van der Waals surface area (Å²) in [6, 6.07) is 0.239. The van der Waals surface area contributed by atoms with Gasteiger partial charge in [-0.05, 0) is 26.2 Å². The van der Waals surface area contributed by atoms with Gasteiger partial charge < -0.3 is 15.7 Å². The molecule has 0 aromatic carbocycles. The Hall–Kier alpha value is -0.610. The number of amides is 1. The molecule has 0 aliphatic heterocycles. The van der Waals surface area contributed by atoms with Crippen LogP contribution in [-0.4, -0.2) is 35.7 Å². The third-order valence-corrected chi connectivity index (χ3v) is 3.62. The predicted molar refractivity (Wildman–Crippen MR) is 68.8 cm³/mol. The fraction of sp³-hybridized carbons (Fsp3) is 0.923. The molecular weight excluding hydrogens is 216 g/mol. The molecular formula is C13H26N2O2. The Labute approximate surface area is 104 Å². The Morgan fingerprint density at radius 3 is 2.59 bits per heavy atom. The number of rotatable bonds is 7. The van der Waals surface area contributed by atoms with Crippen molar-refractivity contribution in [1.29, 1.82) is 0 Å². The fourth-order valence-electron chi connectivity index (χ4n) is 2.54. The van der Waals surface area contributed by atoms with Gasteiger partial charge in [0.05, 0.1) is 13.2 Å². The molecule has 1 atom stereocenters. The normalized spacial score (nSPS) is 20.2. The lowest BCUT2D eigenvalue weighted by molar-refractivity contribution is -0.121. The summed E-state index contributed by atoms with van der Waals surface area (Å²) in [6.45, 7) is 4.58. The second-order valence-corrected chi connectivity index (χ2v) is 5.26. The van der Waals surface area contributed by atoms with Crippen LogP contribution in [0.5, 0.6) is 0 Å². The van der Waals surface area contributed by atoms with Gasteiger partial charge in [0.15, 0.2) is 0 Å². The van der Waals surface area contributed by atoms with Gasteiger partial charge >= 0.3 is 0 Å². The molecule has 1 aliphatic carbocycles. The van der Waals surface area contributed by atoms with Gasteiger partial charge in [-0.3, -0.25) is 4.79 Å². The average Bonchev–Trinajstić information content (AvgIpc) is 2.76. The molecule has 1 aliphatic rings. The van der Waals surface area contributed by atoms with E-state index in [9.17, 15) is 9.90 Å². The van der Waals surface area contributed by atoms with Gasteiger partial charge in [0.2, 0.25) is 5.91 Å². The summed E-state index contributed by atoms with van der Waals surface area (Å²) >= 11 is 0. The van der Waals surface area contributed by atoms with E-state index in [2.05, 4.69) is 17.6 Å². The summed E-state index contributed by atoms with van der Waals surface area (Å²) in [7, 11) is 0. The first-order chi connectivity index (χ1) is 8.12. The monoisotopic (exact) mass is 242 g/mol. The van der Waals surface area contributed by atoms with E-state index in [4.69, 9.17) is 0 Å². The third kappa shape index (κ3) is 4.64. The first kappa shape index (κ1) is 14.5. The number of hydrogen-bond donors (Lipinski definition) is 3. The van der Waals surface area contributed by atoms with E-state index in [0.717, 1.165) is 38.5 Å². The minimum absolute atomic E-state index is 0.0330. The summed E-state index contributed by atoms with van der Waals surface area (Å²) in [6.07, 6.45) is 6.32. The van der Waals surface area contributed by atoms with Crippen molar-refractivity contribution in [1.82, 2.24) is 10.6 Å². The fourth-order valence-corrected chi connectivity index (χ4v) is 2.54. The summed E-state index contributed by atoms with van der Waals surface area (Å²) in [4.78, 5) is 11.7. The second kappa shape index (κ2) is 6.97. The molecule has 0 aromatic rings. The van der Waals surface area contributed by atoms with Gasteiger partial charge in [-0.15, -0.1) is 0 Å². The van der Waals surface area contributed by atoms with Crippen LogP contribution in [0.15, 0.2) is 0 Å². The van der Waals surface area contributed by atoms with E-state index in [0.29, 0.717) is 6.54 Å². The van der Waals surface area contributed by atoms with E-state index in [1.165, 1.54) is 0 Å². The molecule has 17 heavy (non-hydrogen) atoms. The minimum Gasteiger partial charge on any atom is -0.394 e. The Kier molecular flexibility index (Phi) is 5.92. The molecule has 1 rings (SSSR count).